The van der Waals surface area contributed by atoms with Gasteiger partial charge in [-0.3, -0.25) is 24.8 Å². The molecular formula is C30H42N3O19P. The standard InChI is InChI=1S/C18H27N2O11P.C12H15NO8/c21-15-14(10-30-32(27,28)29)31-17(23)16(22)18(15,24)19(11-6-2-1-3-7-11)12-8-4-5-9-13(12)20(25)26;14-5-8-9(15)10(16)11(17)12(21-8)20-7-3-1-6(2-4-7)13(18)19/h4-5,8-9,11,14-17,21-24H,1-3,6-7,10H2,(H2,27,28,29);1-4,8-12,14-17H,5H2/t14-,15+,16+,17?,18+;8-,9+,10+,11-,12?/m11/s1. The van der Waals surface area contributed by atoms with Gasteiger partial charge in [-0.2, -0.15) is 0 Å². The van der Waals surface area contributed by atoms with Gasteiger partial charge in [-0.1, -0.05) is 31.4 Å². The highest BCUT2D eigenvalue weighted by molar-refractivity contribution is 7.46. The Bertz CT molecular complexity index is 1580. The molecule has 53 heavy (non-hydrogen) atoms. The van der Waals surface area contributed by atoms with Crippen LogP contribution in [-0.4, -0.2) is 141 Å². The highest BCUT2D eigenvalue weighted by atomic mass is 31.2. The summed E-state index contributed by atoms with van der Waals surface area (Å²) in [6, 6.07) is 9.95. The van der Waals surface area contributed by atoms with E-state index in [9.17, 15) is 60.5 Å². The number of aliphatic hydroxyl groups excluding tert-OH is 7. The Kier molecular flexibility index (Phi) is 14.2. The number of para-hydroxylation sites is 2. The number of nitrogens with zero attached hydrogens (tertiary/aromatic N) is 3. The number of nitro benzene ring substituents is 2. The van der Waals surface area contributed by atoms with Gasteiger partial charge in [0.15, 0.2) is 18.1 Å². The molecule has 2 heterocycles. The number of non-ortho nitro benzene ring substituents is 1. The molecule has 0 bridgehead atoms. The van der Waals surface area contributed by atoms with Crippen molar-refractivity contribution in [1.82, 2.24) is 0 Å². The highest BCUT2D eigenvalue weighted by Gasteiger charge is 2.60. The Labute approximate surface area is 300 Å². The van der Waals surface area contributed by atoms with E-state index in [1.165, 1.54) is 48.5 Å². The van der Waals surface area contributed by atoms with E-state index < -0.39 is 104 Å². The summed E-state index contributed by atoms with van der Waals surface area (Å²) in [5.74, 6) is 0.171. The molecular weight excluding hydrogens is 737 g/mol. The quantitative estimate of drug-likeness (QED) is 0.0551. The first-order valence-electron chi connectivity index (χ1n) is 16.3. The fraction of sp³-hybridized carbons (Fsp3) is 0.600. The van der Waals surface area contributed by atoms with Crippen LogP contribution in [0.3, 0.4) is 0 Å². The second-order valence-corrected chi connectivity index (χ2v) is 13.7. The summed E-state index contributed by atoms with van der Waals surface area (Å²) in [5.41, 5.74) is -3.31. The van der Waals surface area contributed by atoms with E-state index in [4.69, 9.17) is 29.1 Å². The van der Waals surface area contributed by atoms with Crippen molar-refractivity contribution in [2.75, 3.05) is 18.1 Å². The van der Waals surface area contributed by atoms with Gasteiger partial charge < -0.3 is 69.7 Å². The zero-order valence-electron chi connectivity index (χ0n) is 27.8. The first-order valence-corrected chi connectivity index (χ1v) is 17.8. The van der Waals surface area contributed by atoms with Crippen LogP contribution in [-0.2, 0) is 18.6 Å². The van der Waals surface area contributed by atoms with Gasteiger partial charge in [0, 0.05) is 24.2 Å². The fourth-order valence-electron chi connectivity index (χ4n) is 6.36. The number of phosphoric acid groups is 1. The van der Waals surface area contributed by atoms with Crippen molar-refractivity contribution >= 4 is 24.9 Å². The van der Waals surface area contributed by atoms with Gasteiger partial charge in [0.1, 0.15) is 48.1 Å². The number of benzene rings is 2. The largest absolute Gasteiger partial charge is 0.469 e. The average molecular weight is 780 g/mol. The third-order valence-corrected chi connectivity index (χ3v) is 9.51. The van der Waals surface area contributed by atoms with Crippen molar-refractivity contribution < 1.29 is 83.8 Å². The van der Waals surface area contributed by atoms with Crippen molar-refractivity contribution in [3.63, 3.8) is 0 Å². The first kappa shape index (κ1) is 42.3. The molecule has 22 nitrogen and oxygen atoms in total. The second-order valence-electron chi connectivity index (χ2n) is 12.5. The molecule has 3 aliphatic rings. The SMILES string of the molecule is O=[N+]([O-])c1ccc(OC2O[C@H](CO)[C@H](O)[C@H](O)[C@H]2O)cc1.O=[N+]([O-])c1ccccc1N(C1CCCCC1)[C@@]1(O)[C@@H](O)C(O)O[C@H](COP(=O)(O)O)[C@@H]1O. The normalized spacial score (nSPS) is 32.2. The van der Waals surface area contributed by atoms with Crippen LogP contribution in [0.25, 0.3) is 0 Å². The molecule has 1 saturated carbocycles. The lowest BCUT2D eigenvalue weighted by Crippen LogP contribution is -2.76. The van der Waals surface area contributed by atoms with E-state index in [2.05, 4.69) is 4.52 Å². The molecule has 23 heteroatoms. The zero-order chi connectivity index (χ0) is 39.2. The van der Waals surface area contributed by atoms with Crippen LogP contribution in [0.2, 0.25) is 0 Å². The van der Waals surface area contributed by atoms with Crippen molar-refractivity contribution in [2.45, 2.75) is 99.2 Å². The fourth-order valence-corrected chi connectivity index (χ4v) is 6.70. The number of hydrogen-bond acceptors (Lipinski definition) is 18. The predicted octanol–water partition coefficient (Wildman–Crippen LogP) is -1.26. The minimum absolute atomic E-state index is 0.0891. The van der Waals surface area contributed by atoms with Crippen molar-refractivity contribution in [3.05, 3.63) is 68.8 Å². The lowest BCUT2D eigenvalue weighted by atomic mass is 9.85. The zero-order valence-corrected chi connectivity index (χ0v) is 28.7. The monoisotopic (exact) mass is 779 g/mol. The van der Waals surface area contributed by atoms with E-state index in [0.717, 1.165) is 24.2 Å². The van der Waals surface area contributed by atoms with Gasteiger partial charge in [-0.15, -0.1) is 0 Å². The summed E-state index contributed by atoms with van der Waals surface area (Å²) in [6.45, 7) is -1.49. The summed E-state index contributed by atoms with van der Waals surface area (Å²) < 4.78 is 30.9. The van der Waals surface area contributed by atoms with Crippen LogP contribution < -0.4 is 9.64 Å². The molecule has 2 saturated heterocycles. The summed E-state index contributed by atoms with van der Waals surface area (Å²) in [7, 11) is -4.98. The molecule has 2 aromatic rings. The molecule has 0 aromatic heterocycles. The third kappa shape index (κ3) is 9.81. The van der Waals surface area contributed by atoms with Gasteiger partial charge in [-0.25, -0.2) is 4.57 Å². The molecule has 0 spiro atoms. The van der Waals surface area contributed by atoms with E-state index in [-0.39, 0.29) is 17.1 Å². The molecule has 296 valence electrons. The Hall–Kier alpha value is -3.45. The molecule has 3 fully saturated rings. The van der Waals surface area contributed by atoms with Gasteiger partial charge in [0.25, 0.3) is 11.4 Å². The predicted molar refractivity (Wildman–Crippen MR) is 176 cm³/mol. The van der Waals surface area contributed by atoms with Gasteiger partial charge in [-0.05, 0) is 31.0 Å². The van der Waals surface area contributed by atoms with Crippen LogP contribution in [0.15, 0.2) is 48.5 Å². The first-order chi connectivity index (χ1) is 24.9. The van der Waals surface area contributed by atoms with E-state index in [0.29, 0.717) is 12.8 Å². The summed E-state index contributed by atoms with van der Waals surface area (Å²) in [6.07, 6.45) is -11.6. The minimum atomic E-state index is -4.98. The summed E-state index contributed by atoms with van der Waals surface area (Å²) in [5, 5.41) is 104. The molecule has 0 radical (unpaired) electrons. The number of aliphatic hydroxyl groups is 8. The Morgan fingerprint density at radius 1 is 0.830 bits per heavy atom. The molecule has 1 aliphatic carbocycles. The van der Waals surface area contributed by atoms with Gasteiger partial charge >= 0.3 is 7.82 Å². The smallest absolute Gasteiger partial charge is 0.462 e. The Balaban J connectivity index is 0.000000258. The molecule has 10 N–H and O–H groups in total. The summed E-state index contributed by atoms with van der Waals surface area (Å²) in [4.78, 5) is 40.0. The number of phosphoric ester groups is 1. The number of hydrogen-bond donors (Lipinski definition) is 10. The van der Waals surface area contributed by atoms with Crippen molar-refractivity contribution in [3.8, 4) is 5.75 Å². The number of nitro groups is 2. The molecule has 2 aromatic carbocycles. The number of ether oxygens (including phenoxy) is 3. The van der Waals surface area contributed by atoms with Crippen LogP contribution >= 0.6 is 7.82 Å². The second kappa shape index (κ2) is 17.8. The van der Waals surface area contributed by atoms with Gasteiger partial charge in [0.2, 0.25) is 6.29 Å². The minimum Gasteiger partial charge on any atom is -0.462 e. The number of rotatable bonds is 11. The highest BCUT2D eigenvalue weighted by Crippen LogP contribution is 2.44. The molecule has 5 rings (SSSR count). The Morgan fingerprint density at radius 2 is 1.45 bits per heavy atom. The van der Waals surface area contributed by atoms with Crippen molar-refractivity contribution in [1.29, 1.82) is 0 Å². The topological polar surface area (TPSA) is 346 Å². The van der Waals surface area contributed by atoms with Gasteiger partial charge in [0.05, 0.1) is 23.1 Å². The van der Waals surface area contributed by atoms with Crippen LogP contribution in [0.5, 0.6) is 5.75 Å². The maximum Gasteiger partial charge on any atom is 0.469 e. The lowest BCUT2D eigenvalue weighted by Gasteiger charge is -2.55. The molecule has 2 aliphatic heterocycles. The third-order valence-electron chi connectivity index (χ3n) is 9.03. The van der Waals surface area contributed by atoms with Crippen LogP contribution in [0.4, 0.5) is 17.1 Å². The van der Waals surface area contributed by atoms with E-state index in [1.54, 1.807) is 0 Å². The lowest BCUT2D eigenvalue weighted by molar-refractivity contribution is -0.385. The Morgan fingerprint density at radius 3 is 2.02 bits per heavy atom. The van der Waals surface area contributed by atoms with E-state index >= 15 is 0 Å². The van der Waals surface area contributed by atoms with Crippen LogP contribution in [0.1, 0.15) is 32.1 Å². The van der Waals surface area contributed by atoms with Crippen LogP contribution in [0, 0.1) is 20.2 Å². The molecule has 0 amide bonds. The maximum absolute atomic E-state index is 11.7. The van der Waals surface area contributed by atoms with Crippen molar-refractivity contribution in [2.24, 2.45) is 0 Å². The molecule has 2 unspecified atom stereocenters. The summed E-state index contributed by atoms with van der Waals surface area (Å²) >= 11 is 0. The van der Waals surface area contributed by atoms with E-state index in [1.807, 2.05) is 0 Å². The molecule has 10 atom stereocenters. The number of anilines is 1. The maximum atomic E-state index is 11.7. The average Bonchev–Trinajstić information content (AvgIpc) is 3.13.